The fourth-order valence-electron chi connectivity index (χ4n) is 2.89. The zero-order chi connectivity index (χ0) is 13.4. The lowest BCUT2D eigenvalue weighted by Gasteiger charge is -2.13. The third kappa shape index (κ3) is 2.21. The first-order valence-electron chi connectivity index (χ1n) is 7.16. The van der Waals surface area contributed by atoms with Crippen LogP contribution in [0, 0.1) is 0 Å². The Labute approximate surface area is 115 Å². The number of benzene rings is 1. The Morgan fingerprint density at radius 2 is 2.11 bits per heavy atom. The van der Waals surface area contributed by atoms with E-state index in [0.29, 0.717) is 5.92 Å². The molecule has 2 nitrogen and oxygen atoms in total. The van der Waals surface area contributed by atoms with E-state index in [0.717, 1.165) is 19.5 Å². The van der Waals surface area contributed by atoms with Gasteiger partial charge in [0, 0.05) is 36.3 Å². The van der Waals surface area contributed by atoms with Crippen molar-refractivity contribution in [2.24, 2.45) is 7.05 Å². The maximum Gasteiger partial charge on any atom is 0.0484 e. The third-order valence-electron chi connectivity index (χ3n) is 4.09. The quantitative estimate of drug-likeness (QED) is 0.865. The van der Waals surface area contributed by atoms with Crippen molar-refractivity contribution in [3.05, 3.63) is 41.6 Å². The summed E-state index contributed by atoms with van der Waals surface area (Å²) >= 11 is 0. The first kappa shape index (κ1) is 12.5. The minimum Gasteiger partial charge on any atom is -0.350 e. The van der Waals surface area contributed by atoms with Crippen molar-refractivity contribution in [2.45, 2.75) is 26.2 Å². The van der Waals surface area contributed by atoms with Gasteiger partial charge in [-0.2, -0.15) is 0 Å². The second-order valence-corrected chi connectivity index (χ2v) is 5.77. The molecule has 3 rings (SSSR count). The molecule has 1 aromatic heterocycles. The van der Waals surface area contributed by atoms with Gasteiger partial charge >= 0.3 is 0 Å². The predicted octanol–water partition coefficient (Wildman–Crippen LogP) is 3.68. The molecule has 0 saturated heterocycles. The molecule has 1 aliphatic rings. The minimum atomic E-state index is 0.583. The van der Waals surface area contributed by atoms with Crippen molar-refractivity contribution in [1.29, 1.82) is 0 Å². The molecule has 19 heavy (non-hydrogen) atoms. The van der Waals surface area contributed by atoms with Crippen LogP contribution in [0.4, 0.5) is 0 Å². The molecular formula is C17H22N2. The van der Waals surface area contributed by atoms with E-state index in [2.05, 4.69) is 61.3 Å². The highest BCUT2D eigenvalue weighted by molar-refractivity contribution is 5.93. The summed E-state index contributed by atoms with van der Waals surface area (Å²) in [4.78, 5) is 0. The van der Waals surface area contributed by atoms with Crippen molar-refractivity contribution < 1.29 is 0 Å². The molecule has 0 radical (unpaired) electrons. The smallest absolute Gasteiger partial charge is 0.0484 e. The molecule has 0 bridgehead atoms. The summed E-state index contributed by atoms with van der Waals surface area (Å²) in [5.41, 5.74) is 5.67. The molecule has 1 aromatic carbocycles. The van der Waals surface area contributed by atoms with E-state index in [-0.39, 0.29) is 0 Å². The Kier molecular flexibility index (Phi) is 3.19. The zero-order valence-corrected chi connectivity index (χ0v) is 12.0. The van der Waals surface area contributed by atoms with E-state index in [1.54, 1.807) is 0 Å². The molecule has 0 saturated carbocycles. The Morgan fingerprint density at radius 1 is 1.26 bits per heavy atom. The molecular weight excluding hydrogens is 232 g/mol. The van der Waals surface area contributed by atoms with Crippen molar-refractivity contribution >= 4 is 16.5 Å². The molecule has 1 aliphatic heterocycles. The van der Waals surface area contributed by atoms with Crippen LogP contribution in [-0.2, 0) is 7.05 Å². The second-order valence-electron chi connectivity index (χ2n) is 5.77. The van der Waals surface area contributed by atoms with Crippen molar-refractivity contribution in [3.63, 3.8) is 0 Å². The first-order valence-corrected chi connectivity index (χ1v) is 7.16. The van der Waals surface area contributed by atoms with Crippen LogP contribution in [0.2, 0.25) is 0 Å². The maximum atomic E-state index is 3.39. The highest BCUT2D eigenvalue weighted by Gasteiger charge is 2.13. The van der Waals surface area contributed by atoms with Gasteiger partial charge in [-0.05, 0) is 42.2 Å². The zero-order valence-electron chi connectivity index (χ0n) is 12.0. The lowest BCUT2D eigenvalue weighted by molar-refractivity contribution is 0.738. The average molecular weight is 254 g/mol. The summed E-state index contributed by atoms with van der Waals surface area (Å²) in [7, 11) is 2.14. The molecule has 2 aromatic rings. The van der Waals surface area contributed by atoms with Crippen LogP contribution >= 0.6 is 0 Å². The van der Waals surface area contributed by atoms with Gasteiger partial charge in [0.15, 0.2) is 0 Å². The highest BCUT2D eigenvalue weighted by atomic mass is 14.9. The molecule has 100 valence electrons. The van der Waals surface area contributed by atoms with Crippen LogP contribution in [0.3, 0.4) is 0 Å². The second kappa shape index (κ2) is 4.86. The highest BCUT2D eigenvalue weighted by Crippen LogP contribution is 2.31. The van der Waals surface area contributed by atoms with Crippen LogP contribution in [0.5, 0.6) is 0 Å². The maximum absolute atomic E-state index is 3.39. The van der Waals surface area contributed by atoms with Gasteiger partial charge in [-0.15, -0.1) is 0 Å². The molecule has 0 spiro atoms. The van der Waals surface area contributed by atoms with Crippen LogP contribution in [0.25, 0.3) is 16.5 Å². The van der Waals surface area contributed by atoms with Gasteiger partial charge in [-0.3, -0.25) is 0 Å². The molecule has 0 unspecified atom stereocenters. The number of rotatable bonds is 2. The lowest BCUT2D eigenvalue weighted by Crippen LogP contribution is -2.19. The molecule has 0 atom stereocenters. The van der Waals surface area contributed by atoms with Crippen molar-refractivity contribution in [2.75, 3.05) is 13.1 Å². The Bertz CT molecular complexity index is 632. The largest absolute Gasteiger partial charge is 0.350 e. The normalized spacial score (nSPS) is 16.1. The number of nitrogens with one attached hydrogen (secondary N) is 1. The number of hydrogen-bond acceptors (Lipinski definition) is 1. The summed E-state index contributed by atoms with van der Waals surface area (Å²) < 4.78 is 2.25. The van der Waals surface area contributed by atoms with Crippen LogP contribution in [0.1, 0.15) is 37.3 Å². The topological polar surface area (TPSA) is 17.0 Å². The van der Waals surface area contributed by atoms with Crippen LogP contribution < -0.4 is 5.32 Å². The Hall–Kier alpha value is -1.54. The number of aryl methyl sites for hydroxylation is 1. The van der Waals surface area contributed by atoms with Crippen LogP contribution in [-0.4, -0.2) is 17.7 Å². The predicted molar refractivity (Wildman–Crippen MR) is 82.5 cm³/mol. The van der Waals surface area contributed by atoms with Gasteiger partial charge in [0.1, 0.15) is 0 Å². The van der Waals surface area contributed by atoms with Gasteiger partial charge in [0.25, 0.3) is 0 Å². The Morgan fingerprint density at radius 3 is 2.79 bits per heavy atom. The number of aromatic nitrogens is 1. The van der Waals surface area contributed by atoms with Gasteiger partial charge in [-0.25, -0.2) is 0 Å². The van der Waals surface area contributed by atoms with E-state index < -0.39 is 0 Å². The van der Waals surface area contributed by atoms with E-state index in [4.69, 9.17) is 0 Å². The number of fused-ring (bicyclic) bond motifs is 1. The first-order chi connectivity index (χ1) is 9.16. The molecule has 0 amide bonds. The van der Waals surface area contributed by atoms with E-state index >= 15 is 0 Å². The third-order valence-corrected chi connectivity index (χ3v) is 4.09. The SMILES string of the molecule is CC(C)c1ccc2c(c1)c(C1=CCNCC1)cn2C. The summed E-state index contributed by atoms with van der Waals surface area (Å²) in [6.45, 7) is 6.60. The summed E-state index contributed by atoms with van der Waals surface area (Å²) in [6.07, 6.45) is 5.75. The van der Waals surface area contributed by atoms with Gasteiger partial charge < -0.3 is 9.88 Å². The fraction of sp³-hybridized carbons (Fsp3) is 0.412. The van der Waals surface area contributed by atoms with E-state index in [9.17, 15) is 0 Å². The molecule has 0 aliphatic carbocycles. The van der Waals surface area contributed by atoms with Gasteiger partial charge in [0.2, 0.25) is 0 Å². The number of hydrogen-bond donors (Lipinski definition) is 1. The van der Waals surface area contributed by atoms with E-state index in [1.807, 2.05) is 0 Å². The molecule has 2 heterocycles. The van der Waals surface area contributed by atoms with Crippen molar-refractivity contribution in [3.8, 4) is 0 Å². The van der Waals surface area contributed by atoms with Gasteiger partial charge in [0.05, 0.1) is 0 Å². The molecule has 2 heteroatoms. The Balaban J connectivity index is 2.18. The van der Waals surface area contributed by atoms with E-state index in [1.165, 1.54) is 27.6 Å². The fourth-order valence-corrected chi connectivity index (χ4v) is 2.89. The van der Waals surface area contributed by atoms with Crippen LogP contribution in [0.15, 0.2) is 30.5 Å². The summed E-state index contributed by atoms with van der Waals surface area (Å²) in [5.74, 6) is 0.583. The average Bonchev–Trinajstić information content (AvgIpc) is 2.77. The summed E-state index contributed by atoms with van der Waals surface area (Å²) in [6, 6.07) is 6.89. The lowest BCUT2D eigenvalue weighted by atomic mass is 9.96. The monoisotopic (exact) mass is 254 g/mol. The molecule has 0 fully saturated rings. The van der Waals surface area contributed by atoms with Gasteiger partial charge in [-0.1, -0.05) is 26.0 Å². The molecule has 1 N–H and O–H groups in total. The standard InChI is InChI=1S/C17H22N2/c1-12(2)14-4-5-17-15(10-14)16(11-19(17)3)13-6-8-18-9-7-13/h4-6,10-12,18H,7-9H2,1-3H3. The minimum absolute atomic E-state index is 0.583. The van der Waals surface area contributed by atoms with Crippen molar-refractivity contribution in [1.82, 2.24) is 9.88 Å². The summed E-state index contributed by atoms with van der Waals surface area (Å²) in [5, 5.41) is 4.79. The number of nitrogens with zero attached hydrogens (tertiary/aromatic N) is 1.